The Balaban J connectivity index is 2.06. The van der Waals surface area contributed by atoms with Crippen LogP contribution >= 0.6 is 11.6 Å². The summed E-state index contributed by atoms with van der Waals surface area (Å²) in [6.07, 6.45) is 0. The van der Waals surface area contributed by atoms with Gasteiger partial charge in [-0.25, -0.2) is 4.39 Å². The van der Waals surface area contributed by atoms with Crippen LogP contribution in [-0.2, 0) is 6.54 Å². The predicted molar refractivity (Wildman–Crippen MR) is 74.8 cm³/mol. The number of hydrogen-bond donors (Lipinski definition) is 1. The molecule has 0 bridgehead atoms. The first-order valence-corrected chi connectivity index (χ1v) is 6.60. The molecule has 1 atom stereocenters. The highest BCUT2D eigenvalue weighted by molar-refractivity contribution is 6.31. The summed E-state index contributed by atoms with van der Waals surface area (Å²) in [6, 6.07) is 6.98. The molecule has 1 aromatic heterocycles. The van der Waals surface area contributed by atoms with Crippen LogP contribution in [0.1, 0.15) is 35.6 Å². The first-order valence-electron chi connectivity index (χ1n) is 6.22. The normalized spacial score (nSPS) is 12.7. The van der Waals surface area contributed by atoms with Crippen LogP contribution in [-0.4, -0.2) is 0 Å². The third-order valence-corrected chi connectivity index (χ3v) is 3.60. The minimum absolute atomic E-state index is 0.122. The van der Waals surface area contributed by atoms with Crippen LogP contribution in [0.2, 0.25) is 5.02 Å². The molecule has 1 aromatic carbocycles. The van der Waals surface area contributed by atoms with Gasteiger partial charge in [-0.3, -0.25) is 0 Å². The Bertz CT molecular complexity index is 580. The quantitative estimate of drug-likeness (QED) is 0.890. The zero-order chi connectivity index (χ0) is 14.0. The van der Waals surface area contributed by atoms with Crippen molar-refractivity contribution in [2.24, 2.45) is 0 Å². The topological polar surface area (TPSA) is 25.2 Å². The van der Waals surface area contributed by atoms with E-state index in [0.29, 0.717) is 6.54 Å². The molecule has 0 aliphatic rings. The van der Waals surface area contributed by atoms with Crippen molar-refractivity contribution in [1.29, 1.82) is 0 Å². The fourth-order valence-corrected chi connectivity index (χ4v) is 2.33. The summed E-state index contributed by atoms with van der Waals surface area (Å²) < 4.78 is 18.8. The van der Waals surface area contributed by atoms with Crippen LogP contribution in [0.3, 0.4) is 0 Å². The van der Waals surface area contributed by atoms with Crippen LogP contribution in [0.25, 0.3) is 0 Å². The maximum atomic E-state index is 13.3. The summed E-state index contributed by atoms with van der Waals surface area (Å²) >= 11 is 5.92. The summed E-state index contributed by atoms with van der Waals surface area (Å²) in [5.74, 6) is 1.41. The van der Waals surface area contributed by atoms with E-state index in [1.165, 1.54) is 6.07 Å². The number of rotatable bonds is 4. The van der Waals surface area contributed by atoms with Gasteiger partial charge in [-0.1, -0.05) is 23.7 Å². The lowest BCUT2D eigenvalue weighted by Gasteiger charge is -2.14. The van der Waals surface area contributed by atoms with Crippen molar-refractivity contribution in [1.82, 2.24) is 5.32 Å². The van der Waals surface area contributed by atoms with Crippen LogP contribution in [0, 0.1) is 19.7 Å². The van der Waals surface area contributed by atoms with E-state index in [4.69, 9.17) is 16.0 Å². The first kappa shape index (κ1) is 14.1. The van der Waals surface area contributed by atoms with Gasteiger partial charge in [0, 0.05) is 18.2 Å². The van der Waals surface area contributed by atoms with Crippen LogP contribution < -0.4 is 5.32 Å². The van der Waals surface area contributed by atoms with Crippen LogP contribution in [0.4, 0.5) is 4.39 Å². The van der Waals surface area contributed by atoms with Crippen molar-refractivity contribution in [3.8, 4) is 0 Å². The molecule has 2 rings (SSSR count). The molecule has 2 aromatic rings. The highest BCUT2D eigenvalue weighted by Gasteiger charge is 2.13. The van der Waals surface area contributed by atoms with Gasteiger partial charge in [0.1, 0.15) is 17.3 Å². The molecular weight excluding hydrogens is 265 g/mol. The zero-order valence-electron chi connectivity index (χ0n) is 11.3. The monoisotopic (exact) mass is 281 g/mol. The molecule has 2 nitrogen and oxygen atoms in total. The Morgan fingerprint density at radius 3 is 2.74 bits per heavy atom. The van der Waals surface area contributed by atoms with Crippen molar-refractivity contribution < 1.29 is 8.81 Å². The van der Waals surface area contributed by atoms with Crippen molar-refractivity contribution in [3.63, 3.8) is 0 Å². The molecule has 102 valence electrons. The Labute approximate surface area is 117 Å². The van der Waals surface area contributed by atoms with Gasteiger partial charge >= 0.3 is 0 Å². The minimum Gasteiger partial charge on any atom is -0.466 e. The van der Waals surface area contributed by atoms with Gasteiger partial charge in [-0.2, -0.15) is 0 Å². The summed E-state index contributed by atoms with van der Waals surface area (Å²) in [7, 11) is 0. The zero-order valence-corrected chi connectivity index (χ0v) is 12.0. The van der Waals surface area contributed by atoms with E-state index in [0.717, 1.165) is 22.6 Å². The Kier molecular flexibility index (Phi) is 4.27. The van der Waals surface area contributed by atoms with E-state index in [2.05, 4.69) is 5.32 Å². The van der Waals surface area contributed by atoms with Gasteiger partial charge in [0.2, 0.25) is 0 Å². The molecule has 0 aliphatic heterocycles. The molecule has 4 heteroatoms. The summed E-state index contributed by atoms with van der Waals surface area (Å²) in [5.41, 5.74) is 1.87. The molecule has 19 heavy (non-hydrogen) atoms. The van der Waals surface area contributed by atoms with E-state index < -0.39 is 0 Å². The van der Waals surface area contributed by atoms with E-state index in [-0.39, 0.29) is 16.9 Å². The molecule has 1 heterocycles. The molecule has 0 radical (unpaired) electrons. The number of hydrogen-bond acceptors (Lipinski definition) is 2. The lowest BCUT2D eigenvalue weighted by atomic mass is 10.1. The second-order valence-electron chi connectivity index (χ2n) is 4.68. The molecule has 0 saturated carbocycles. The first-order chi connectivity index (χ1) is 8.99. The number of furan rings is 1. The van der Waals surface area contributed by atoms with Gasteiger partial charge in [-0.15, -0.1) is 0 Å². The molecule has 1 N–H and O–H groups in total. The fraction of sp³-hybridized carbons (Fsp3) is 0.333. The van der Waals surface area contributed by atoms with E-state index in [1.54, 1.807) is 6.07 Å². The third-order valence-electron chi connectivity index (χ3n) is 3.18. The molecule has 0 aliphatic carbocycles. The highest BCUT2D eigenvalue weighted by Crippen LogP contribution is 2.23. The molecule has 0 amide bonds. The average molecular weight is 282 g/mol. The van der Waals surface area contributed by atoms with Crippen molar-refractivity contribution >= 4 is 11.6 Å². The number of halogens is 2. The van der Waals surface area contributed by atoms with Crippen LogP contribution in [0.15, 0.2) is 28.7 Å². The molecule has 0 spiro atoms. The fourth-order valence-electron chi connectivity index (χ4n) is 2.14. The second-order valence-corrected chi connectivity index (χ2v) is 5.06. The Morgan fingerprint density at radius 2 is 2.11 bits per heavy atom. The van der Waals surface area contributed by atoms with Crippen molar-refractivity contribution in [2.75, 3.05) is 0 Å². The molecule has 0 saturated heterocycles. The summed E-state index contributed by atoms with van der Waals surface area (Å²) in [5, 5.41) is 3.51. The summed E-state index contributed by atoms with van der Waals surface area (Å²) in [4.78, 5) is 0. The highest BCUT2D eigenvalue weighted by atomic mass is 35.5. The van der Waals surface area contributed by atoms with Gasteiger partial charge in [-0.05, 0) is 38.5 Å². The van der Waals surface area contributed by atoms with Gasteiger partial charge < -0.3 is 9.73 Å². The van der Waals surface area contributed by atoms with Gasteiger partial charge in [0.15, 0.2) is 0 Å². The Morgan fingerprint density at radius 1 is 1.37 bits per heavy atom. The van der Waals surface area contributed by atoms with E-state index in [1.807, 2.05) is 32.9 Å². The predicted octanol–water partition coefficient (Wildman–Crippen LogP) is 4.54. The van der Waals surface area contributed by atoms with E-state index in [9.17, 15) is 4.39 Å². The smallest absolute Gasteiger partial charge is 0.142 e. The minimum atomic E-state index is -0.385. The molecule has 0 fully saturated rings. The number of benzene rings is 1. The van der Waals surface area contributed by atoms with Crippen molar-refractivity contribution in [3.05, 3.63) is 57.8 Å². The lowest BCUT2D eigenvalue weighted by Crippen LogP contribution is -2.18. The SMILES string of the molecule is Cc1cc(C(C)NCc2cccc(F)c2Cl)c(C)o1. The molecule has 1 unspecified atom stereocenters. The number of nitrogens with one attached hydrogen (secondary N) is 1. The summed E-state index contributed by atoms with van der Waals surface area (Å²) in [6.45, 7) is 6.42. The third kappa shape index (κ3) is 3.17. The second kappa shape index (κ2) is 5.76. The average Bonchev–Trinajstić information content (AvgIpc) is 2.70. The molecular formula is C15H17ClFNO. The maximum absolute atomic E-state index is 13.3. The Hall–Kier alpha value is -1.32. The largest absolute Gasteiger partial charge is 0.466 e. The van der Waals surface area contributed by atoms with Gasteiger partial charge in [0.05, 0.1) is 5.02 Å². The van der Waals surface area contributed by atoms with Crippen molar-refractivity contribution in [2.45, 2.75) is 33.4 Å². The lowest BCUT2D eigenvalue weighted by molar-refractivity contribution is 0.489. The van der Waals surface area contributed by atoms with Gasteiger partial charge in [0.25, 0.3) is 0 Å². The number of aryl methyl sites for hydroxylation is 2. The van der Waals surface area contributed by atoms with Crippen LogP contribution in [0.5, 0.6) is 0 Å². The standard InChI is InChI=1S/C15H17ClFNO/c1-9-7-13(11(3)19-9)10(2)18-8-12-5-4-6-14(17)15(12)16/h4-7,10,18H,8H2,1-3H3. The van der Waals surface area contributed by atoms with E-state index >= 15 is 0 Å². The maximum Gasteiger partial charge on any atom is 0.142 e.